The predicted molar refractivity (Wildman–Crippen MR) is 119 cm³/mol. The van der Waals surface area contributed by atoms with Crippen LogP contribution in [0.4, 0.5) is 5.69 Å². The Hall–Kier alpha value is -4.01. The van der Waals surface area contributed by atoms with E-state index < -0.39 is 11.8 Å². The second-order valence-electron chi connectivity index (χ2n) is 7.01. The van der Waals surface area contributed by atoms with Crippen molar-refractivity contribution in [3.63, 3.8) is 0 Å². The quantitative estimate of drug-likeness (QED) is 0.351. The minimum absolute atomic E-state index is 0.0149. The molecule has 0 saturated carbocycles. The van der Waals surface area contributed by atoms with Gasteiger partial charge >= 0.3 is 0 Å². The smallest absolute Gasteiger partial charge is 0.271 e. The van der Waals surface area contributed by atoms with E-state index in [9.17, 15) is 14.9 Å². The van der Waals surface area contributed by atoms with Crippen molar-refractivity contribution in [3.8, 4) is 17.3 Å². The maximum Gasteiger partial charge on any atom is 0.271 e. The van der Waals surface area contributed by atoms with Gasteiger partial charge in [0.25, 0.3) is 11.8 Å². The number of aromatic nitrogens is 2. The number of hydrogen-bond acceptors (Lipinski definition) is 5. The highest BCUT2D eigenvalue weighted by atomic mass is 32.1. The number of nitriles is 1. The standard InChI is InChI=1S/C23H17N5O2S/c1-5-28-22(29)16(13(2)17(12-24)23(28)30)10-20-26-21-19(31-20)11-18(27(21)4)14-6-8-15(25-3)9-7-14/h6-11H,5H2,1-2,4H3/b16-10-. The number of carbonyl (C=O) groups excluding carboxylic acids is 2. The fourth-order valence-corrected chi connectivity index (χ4v) is 4.57. The Kier molecular flexibility index (Phi) is 5.02. The zero-order valence-electron chi connectivity index (χ0n) is 17.1. The summed E-state index contributed by atoms with van der Waals surface area (Å²) < 4.78 is 2.92. The molecule has 3 heterocycles. The molecule has 0 unspecified atom stereocenters. The summed E-state index contributed by atoms with van der Waals surface area (Å²) in [5, 5.41) is 10.0. The monoisotopic (exact) mass is 427 g/mol. The maximum atomic E-state index is 12.8. The molecule has 152 valence electrons. The van der Waals surface area contributed by atoms with Gasteiger partial charge in [-0.3, -0.25) is 14.5 Å². The van der Waals surface area contributed by atoms with E-state index in [1.54, 1.807) is 32.1 Å². The maximum absolute atomic E-state index is 12.8. The first-order valence-electron chi connectivity index (χ1n) is 9.53. The van der Waals surface area contributed by atoms with Crippen molar-refractivity contribution < 1.29 is 9.59 Å². The molecule has 0 bridgehead atoms. The Balaban J connectivity index is 1.77. The molecule has 0 spiro atoms. The van der Waals surface area contributed by atoms with Crippen LogP contribution in [0.5, 0.6) is 0 Å². The molecule has 0 fully saturated rings. The Bertz CT molecular complexity index is 1390. The lowest BCUT2D eigenvalue weighted by molar-refractivity contribution is -0.140. The molecule has 7 nitrogen and oxygen atoms in total. The molecule has 2 aromatic heterocycles. The zero-order valence-corrected chi connectivity index (χ0v) is 17.9. The number of rotatable bonds is 3. The van der Waals surface area contributed by atoms with E-state index in [0.717, 1.165) is 26.5 Å². The minimum atomic E-state index is -0.553. The van der Waals surface area contributed by atoms with E-state index in [-0.39, 0.29) is 12.1 Å². The van der Waals surface area contributed by atoms with Crippen molar-refractivity contribution >= 4 is 45.3 Å². The topological polar surface area (TPSA) is 83.3 Å². The van der Waals surface area contributed by atoms with Crippen LogP contribution in [0.3, 0.4) is 0 Å². The molecule has 0 radical (unpaired) electrons. The van der Waals surface area contributed by atoms with Gasteiger partial charge in [0.15, 0.2) is 11.3 Å². The van der Waals surface area contributed by atoms with Crippen LogP contribution in [0.15, 0.2) is 47.1 Å². The lowest BCUT2D eigenvalue weighted by atomic mass is 9.95. The van der Waals surface area contributed by atoms with E-state index in [1.807, 2.05) is 35.9 Å². The number of benzene rings is 1. The number of aryl methyl sites for hydroxylation is 1. The number of hydrogen-bond donors (Lipinski definition) is 0. The highest BCUT2D eigenvalue weighted by Gasteiger charge is 2.34. The van der Waals surface area contributed by atoms with Crippen molar-refractivity contribution in [2.75, 3.05) is 6.54 Å². The van der Waals surface area contributed by atoms with Gasteiger partial charge in [0.2, 0.25) is 0 Å². The molecule has 1 aliphatic rings. The number of nitrogens with zero attached hydrogens (tertiary/aromatic N) is 5. The molecule has 2 amide bonds. The van der Waals surface area contributed by atoms with E-state index in [4.69, 9.17) is 6.57 Å². The first-order valence-corrected chi connectivity index (χ1v) is 10.3. The van der Waals surface area contributed by atoms with Crippen LogP contribution < -0.4 is 0 Å². The molecule has 0 saturated heterocycles. The van der Waals surface area contributed by atoms with Crippen molar-refractivity contribution in [3.05, 3.63) is 63.5 Å². The van der Waals surface area contributed by atoms with Crippen molar-refractivity contribution in [1.82, 2.24) is 14.5 Å². The highest BCUT2D eigenvalue weighted by molar-refractivity contribution is 7.19. The molecule has 0 aliphatic carbocycles. The summed E-state index contributed by atoms with van der Waals surface area (Å²) in [6.07, 6.45) is 1.65. The normalized spacial score (nSPS) is 15.6. The average molecular weight is 427 g/mol. The van der Waals surface area contributed by atoms with Crippen molar-refractivity contribution in [2.45, 2.75) is 13.8 Å². The van der Waals surface area contributed by atoms with Gasteiger partial charge < -0.3 is 4.57 Å². The molecule has 31 heavy (non-hydrogen) atoms. The lowest BCUT2D eigenvalue weighted by Gasteiger charge is -2.25. The van der Waals surface area contributed by atoms with E-state index in [0.29, 0.717) is 21.8 Å². The van der Waals surface area contributed by atoms with Gasteiger partial charge in [-0.1, -0.05) is 24.3 Å². The fourth-order valence-electron chi connectivity index (χ4n) is 3.60. The van der Waals surface area contributed by atoms with Gasteiger partial charge in [-0.15, -0.1) is 11.3 Å². The molecule has 1 aliphatic heterocycles. The van der Waals surface area contributed by atoms with Gasteiger partial charge in [-0.25, -0.2) is 9.83 Å². The second kappa shape index (κ2) is 7.67. The van der Waals surface area contributed by atoms with E-state index in [2.05, 4.69) is 9.83 Å². The van der Waals surface area contributed by atoms with Crippen LogP contribution in [0, 0.1) is 17.9 Å². The van der Waals surface area contributed by atoms with Crippen LogP contribution in [-0.2, 0) is 16.6 Å². The van der Waals surface area contributed by atoms with Gasteiger partial charge in [0, 0.05) is 19.2 Å². The van der Waals surface area contributed by atoms with Crippen LogP contribution in [0.1, 0.15) is 18.9 Å². The first-order chi connectivity index (χ1) is 14.9. The second-order valence-corrected chi connectivity index (χ2v) is 8.07. The molecule has 0 N–H and O–H groups in total. The molecule has 4 rings (SSSR count). The molecule has 1 aromatic carbocycles. The van der Waals surface area contributed by atoms with Crippen LogP contribution in [-0.4, -0.2) is 32.8 Å². The number of amides is 2. The largest absolute Gasteiger partial charge is 0.328 e. The third-order valence-corrected chi connectivity index (χ3v) is 6.24. The lowest BCUT2D eigenvalue weighted by Crippen LogP contribution is -2.42. The fraction of sp³-hybridized carbons (Fsp3) is 0.174. The third kappa shape index (κ3) is 3.24. The number of likely N-dealkylation sites (N-methyl/N-ethyl adjacent to an activating group) is 1. The number of thiazole rings is 1. The van der Waals surface area contributed by atoms with Crippen molar-refractivity contribution in [1.29, 1.82) is 5.26 Å². The van der Waals surface area contributed by atoms with Crippen LogP contribution in [0.2, 0.25) is 0 Å². The molecule has 0 atom stereocenters. The summed E-state index contributed by atoms with van der Waals surface area (Å²) in [5.74, 6) is -0.966. The average Bonchev–Trinajstić information content (AvgIpc) is 3.30. The van der Waals surface area contributed by atoms with Gasteiger partial charge in [-0.05, 0) is 37.1 Å². The molecule has 3 aromatic rings. The van der Waals surface area contributed by atoms with Gasteiger partial charge in [-0.2, -0.15) is 5.26 Å². The minimum Gasteiger partial charge on any atom is -0.328 e. The summed E-state index contributed by atoms with van der Waals surface area (Å²) in [7, 11) is 1.92. The Morgan fingerprint density at radius 3 is 2.55 bits per heavy atom. The third-order valence-electron chi connectivity index (χ3n) is 5.30. The van der Waals surface area contributed by atoms with E-state index >= 15 is 0 Å². The number of imide groups is 1. The summed E-state index contributed by atoms with van der Waals surface area (Å²) >= 11 is 1.43. The summed E-state index contributed by atoms with van der Waals surface area (Å²) in [6.45, 7) is 10.6. The first kappa shape index (κ1) is 20.3. The number of fused-ring (bicyclic) bond motifs is 1. The van der Waals surface area contributed by atoms with E-state index in [1.165, 1.54) is 11.3 Å². The summed E-state index contributed by atoms with van der Waals surface area (Å²) in [5.41, 5.74) is 3.99. The van der Waals surface area contributed by atoms with Gasteiger partial charge in [0.1, 0.15) is 16.6 Å². The number of carbonyl (C=O) groups is 2. The van der Waals surface area contributed by atoms with Gasteiger partial charge in [0.05, 0.1) is 17.0 Å². The zero-order chi connectivity index (χ0) is 22.3. The summed E-state index contributed by atoms with van der Waals surface area (Å²) in [4.78, 5) is 34.3. The Morgan fingerprint density at radius 2 is 1.97 bits per heavy atom. The SMILES string of the molecule is [C-]#[N+]c1ccc(-c2cc3sc(/C=C4\C(=O)N(CC)C(=O)C(C#N)=C4C)nc3n2C)cc1. The molecule has 8 heteroatoms. The molecular formula is C23H17N5O2S. The van der Waals surface area contributed by atoms with Crippen LogP contribution in [0.25, 0.3) is 32.5 Å². The van der Waals surface area contributed by atoms with Crippen LogP contribution >= 0.6 is 11.3 Å². The Labute approximate surface area is 183 Å². The predicted octanol–water partition coefficient (Wildman–Crippen LogP) is 4.46. The highest BCUT2D eigenvalue weighted by Crippen LogP contribution is 2.34. The van der Waals surface area contributed by atoms with Crippen molar-refractivity contribution in [2.24, 2.45) is 7.05 Å². The molecular weight excluding hydrogens is 410 g/mol. The Morgan fingerprint density at radius 1 is 1.26 bits per heavy atom. The summed E-state index contributed by atoms with van der Waals surface area (Å²) in [6, 6.07) is 11.3.